The second-order valence-electron chi connectivity index (χ2n) is 5.00. The van der Waals surface area contributed by atoms with Crippen LogP contribution >= 0.6 is 0 Å². The van der Waals surface area contributed by atoms with Gasteiger partial charge in [-0.3, -0.25) is 4.79 Å². The highest BCUT2D eigenvalue weighted by atomic mass is 16.1. The third-order valence-electron chi connectivity index (χ3n) is 2.91. The van der Waals surface area contributed by atoms with Gasteiger partial charge in [0.2, 0.25) is 5.91 Å². The Bertz CT molecular complexity index is 355. The highest BCUT2D eigenvalue weighted by Gasteiger charge is 2.17. The zero-order valence-corrected chi connectivity index (χ0v) is 10.3. The number of nitrogens with zero attached hydrogens (tertiary/aromatic N) is 1. The van der Waals surface area contributed by atoms with Crippen molar-refractivity contribution >= 4 is 5.91 Å². The largest absolute Gasteiger partial charge is 0.370 e. The molecule has 1 aromatic heterocycles. The number of hydrogen-bond donors (Lipinski definition) is 2. The zero-order valence-electron chi connectivity index (χ0n) is 10.3. The molecule has 0 spiro atoms. The van der Waals surface area contributed by atoms with E-state index in [1.165, 1.54) is 0 Å². The summed E-state index contributed by atoms with van der Waals surface area (Å²) in [6.45, 7) is 6.64. The molecule has 4 nitrogen and oxygen atoms in total. The molecule has 1 aromatic rings. The molecule has 0 saturated heterocycles. The third-order valence-corrected chi connectivity index (χ3v) is 2.91. The van der Waals surface area contributed by atoms with Crippen LogP contribution in [0.4, 0.5) is 0 Å². The Labute approximate surface area is 96.6 Å². The van der Waals surface area contributed by atoms with Crippen molar-refractivity contribution in [1.29, 1.82) is 0 Å². The third kappa shape index (κ3) is 4.04. The lowest BCUT2D eigenvalue weighted by atomic mass is 9.85. The van der Waals surface area contributed by atoms with Crippen LogP contribution in [0.1, 0.15) is 45.1 Å². The first-order chi connectivity index (χ1) is 7.43. The number of aromatic amines is 1. The van der Waals surface area contributed by atoms with Crippen molar-refractivity contribution in [2.75, 3.05) is 0 Å². The normalized spacial score (nSPS) is 11.7. The van der Waals surface area contributed by atoms with Crippen LogP contribution in [-0.4, -0.2) is 15.9 Å². The van der Waals surface area contributed by atoms with Gasteiger partial charge in [-0.15, -0.1) is 0 Å². The molecule has 16 heavy (non-hydrogen) atoms. The number of nitrogens with one attached hydrogen (secondary N) is 1. The summed E-state index contributed by atoms with van der Waals surface area (Å²) in [5, 5.41) is 0. The molecule has 0 fully saturated rings. The molecule has 0 aliphatic heterocycles. The molecule has 90 valence electrons. The molecular weight excluding hydrogens is 202 g/mol. The summed E-state index contributed by atoms with van der Waals surface area (Å²) in [4.78, 5) is 18.2. The molecule has 0 atom stereocenters. The van der Waals surface area contributed by atoms with Crippen LogP contribution in [0.25, 0.3) is 0 Å². The highest BCUT2D eigenvalue weighted by Crippen LogP contribution is 2.24. The molecule has 4 heteroatoms. The number of amides is 1. The number of primary amides is 1. The predicted molar refractivity (Wildman–Crippen MR) is 63.9 cm³/mol. The SMILES string of the molecule is CCC(C)(C)Cc1c[nH]c(CCC(N)=O)n1. The Kier molecular flexibility index (Phi) is 4.10. The smallest absolute Gasteiger partial charge is 0.217 e. The minimum atomic E-state index is -0.285. The monoisotopic (exact) mass is 223 g/mol. The summed E-state index contributed by atoms with van der Waals surface area (Å²) < 4.78 is 0. The molecule has 1 amide bonds. The molecule has 0 radical (unpaired) electrons. The zero-order chi connectivity index (χ0) is 12.2. The van der Waals surface area contributed by atoms with Gasteiger partial charge in [0.1, 0.15) is 5.82 Å². The van der Waals surface area contributed by atoms with Crippen LogP contribution in [0, 0.1) is 5.41 Å². The van der Waals surface area contributed by atoms with Crippen LogP contribution in [0.3, 0.4) is 0 Å². The fourth-order valence-electron chi connectivity index (χ4n) is 1.48. The number of carbonyl (C=O) groups is 1. The maximum atomic E-state index is 10.6. The topological polar surface area (TPSA) is 71.8 Å². The maximum Gasteiger partial charge on any atom is 0.217 e. The molecule has 1 heterocycles. The average Bonchev–Trinajstić information content (AvgIpc) is 2.62. The molecule has 0 unspecified atom stereocenters. The number of carbonyl (C=O) groups excluding carboxylic acids is 1. The van der Waals surface area contributed by atoms with Gasteiger partial charge in [0.15, 0.2) is 0 Å². The first-order valence-corrected chi connectivity index (χ1v) is 5.74. The molecule has 0 aliphatic rings. The lowest BCUT2D eigenvalue weighted by Gasteiger charge is -2.20. The molecule has 0 bridgehead atoms. The number of H-pyrrole nitrogens is 1. The number of imidazole rings is 1. The summed E-state index contributed by atoms with van der Waals surface area (Å²) in [7, 11) is 0. The number of nitrogens with two attached hydrogens (primary N) is 1. The van der Waals surface area contributed by atoms with Crippen molar-refractivity contribution in [3.8, 4) is 0 Å². The van der Waals surface area contributed by atoms with Crippen LogP contribution in [0.15, 0.2) is 6.20 Å². The molecule has 0 aromatic carbocycles. The van der Waals surface area contributed by atoms with Crippen molar-refractivity contribution in [1.82, 2.24) is 9.97 Å². The Morgan fingerprint density at radius 1 is 1.56 bits per heavy atom. The van der Waals surface area contributed by atoms with Crippen molar-refractivity contribution in [3.63, 3.8) is 0 Å². The summed E-state index contributed by atoms with van der Waals surface area (Å²) in [6.07, 6.45) is 4.95. The second-order valence-corrected chi connectivity index (χ2v) is 5.00. The lowest BCUT2D eigenvalue weighted by Crippen LogP contribution is -2.14. The van der Waals surface area contributed by atoms with E-state index in [2.05, 4.69) is 30.7 Å². The van der Waals surface area contributed by atoms with Crippen molar-refractivity contribution in [2.45, 2.75) is 46.5 Å². The van der Waals surface area contributed by atoms with E-state index >= 15 is 0 Å². The van der Waals surface area contributed by atoms with E-state index in [1.54, 1.807) is 0 Å². The molecular formula is C12H21N3O. The second kappa shape index (κ2) is 5.14. The molecule has 3 N–H and O–H groups in total. The summed E-state index contributed by atoms with van der Waals surface area (Å²) in [5.41, 5.74) is 6.43. The highest BCUT2D eigenvalue weighted by molar-refractivity contribution is 5.73. The van der Waals surface area contributed by atoms with E-state index in [-0.39, 0.29) is 11.3 Å². The Morgan fingerprint density at radius 3 is 2.81 bits per heavy atom. The van der Waals surface area contributed by atoms with Gasteiger partial charge in [0, 0.05) is 19.0 Å². The van der Waals surface area contributed by atoms with Crippen molar-refractivity contribution in [2.24, 2.45) is 11.1 Å². The summed E-state index contributed by atoms with van der Waals surface area (Å²) in [5.74, 6) is 0.563. The van der Waals surface area contributed by atoms with E-state index < -0.39 is 0 Å². The summed E-state index contributed by atoms with van der Waals surface area (Å²) >= 11 is 0. The van der Waals surface area contributed by atoms with E-state index in [0.717, 1.165) is 24.4 Å². The van der Waals surface area contributed by atoms with Gasteiger partial charge in [-0.05, 0) is 11.8 Å². The van der Waals surface area contributed by atoms with Crippen molar-refractivity contribution in [3.05, 3.63) is 17.7 Å². The Morgan fingerprint density at radius 2 is 2.25 bits per heavy atom. The van der Waals surface area contributed by atoms with E-state index in [4.69, 9.17) is 5.73 Å². The molecule has 0 aliphatic carbocycles. The van der Waals surface area contributed by atoms with Gasteiger partial charge in [-0.1, -0.05) is 27.2 Å². The number of hydrogen-bond acceptors (Lipinski definition) is 2. The lowest BCUT2D eigenvalue weighted by molar-refractivity contribution is -0.118. The van der Waals surface area contributed by atoms with Gasteiger partial charge in [-0.25, -0.2) is 4.98 Å². The standard InChI is InChI=1S/C12H21N3O/c1-4-12(2,3)7-9-8-14-11(15-9)6-5-10(13)16/h8H,4-7H2,1-3H3,(H2,13,16)(H,14,15). The van der Waals surface area contributed by atoms with Gasteiger partial charge >= 0.3 is 0 Å². The van der Waals surface area contributed by atoms with E-state index in [1.807, 2.05) is 6.20 Å². The maximum absolute atomic E-state index is 10.6. The Balaban J connectivity index is 2.54. The molecule has 0 saturated carbocycles. The van der Waals surface area contributed by atoms with Crippen molar-refractivity contribution < 1.29 is 4.79 Å². The first-order valence-electron chi connectivity index (χ1n) is 5.74. The van der Waals surface area contributed by atoms with Gasteiger partial charge in [0.05, 0.1) is 5.69 Å². The van der Waals surface area contributed by atoms with Gasteiger partial charge in [0.25, 0.3) is 0 Å². The number of aromatic nitrogens is 2. The fraction of sp³-hybridized carbons (Fsp3) is 0.667. The average molecular weight is 223 g/mol. The minimum Gasteiger partial charge on any atom is -0.370 e. The Hall–Kier alpha value is -1.32. The van der Waals surface area contributed by atoms with Crippen LogP contribution in [0.2, 0.25) is 0 Å². The summed E-state index contributed by atoms with van der Waals surface area (Å²) in [6, 6.07) is 0. The van der Waals surface area contributed by atoms with Crippen LogP contribution in [0.5, 0.6) is 0 Å². The minimum absolute atomic E-state index is 0.274. The van der Waals surface area contributed by atoms with Crippen LogP contribution in [-0.2, 0) is 17.6 Å². The molecule has 1 rings (SSSR count). The fourth-order valence-corrected chi connectivity index (χ4v) is 1.48. The number of rotatable bonds is 6. The quantitative estimate of drug-likeness (QED) is 0.772. The van der Waals surface area contributed by atoms with E-state index in [9.17, 15) is 4.79 Å². The first kappa shape index (κ1) is 12.7. The number of aryl methyl sites for hydroxylation is 1. The van der Waals surface area contributed by atoms with Crippen LogP contribution < -0.4 is 5.73 Å². The predicted octanol–water partition coefficient (Wildman–Crippen LogP) is 1.81. The van der Waals surface area contributed by atoms with E-state index in [0.29, 0.717) is 12.8 Å². The van der Waals surface area contributed by atoms with Gasteiger partial charge in [-0.2, -0.15) is 0 Å². The van der Waals surface area contributed by atoms with Gasteiger partial charge < -0.3 is 10.7 Å².